The summed E-state index contributed by atoms with van der Waals surface area (Å²) < 4.78 is 27.2. The normalized spacial score (nSPS) is 12.1. The van der Waals surface area contributed by atoms with E-state index in [9.17, 15) is 13.2 Å². The van der Waals surface area contributed by atoms with Gasteiger partial charge in [-0.1, -0.05) is 17.7 Å². The summed E-state index contributed by atoms with van der Waals surface area (Å²) >= 11 is 6.21. The van der Waals surface area contributed by atoms with Crippen molar-refractivity contribution in [2.45, 2.75) is 45.1 Å². The summed E-state index contributed by atoms with van der Waals surface area (Å²) in [5.74, 6) is -0.355. The molecule has 26 heavy (non-hydrogen) atoms. The van der Waals surface area contributed by atoms with Crippen LogP contribution < -0.4 is 10.0 Å². The van der Waals surface area contributed by atoms with E-state index in [-0.39, 0.29) is 10.8 Å². The fourth-order valence-electron chi connectivity index (χ4n) is 2.51. The van der Waals surface area contributed by atoms with Crippen LogP contribution in [0.5, 0.6) is 0 Å². The minimum Gasteiger partial charge on any atom is -0.320 e. The van der Waals surface area contributed by atoms with E-state index in [1.807, 2.05) is 19.9 Å². The lowest BCUT2D eigenvalue weighted by Crippen LogP contribution is -2.40. The Morgan fingerprint density at radius 3 is 2.12 bits per heavy atom. The summed E-state index contributed by atoms with van der Waals surface area (Å²) in [5.41, 5.74) is 2.17. The van der Waals surface area contributed by atoms with Crippen LogP contribution in [0.1, 0.15) is 42.3 Å². The van der Waals surface area contributed by atoms with Crippen LogP contribution in [0.2, 0.25) is 5.02 Å². The molecule has 2 aromatic carbocycles. The fourth-order valence-corrected chi connectivity index (χ4v) is 4.29. The van der Waals surface area contributed by atoms with E-state index in [0.717, 1.165) is 11.1 Å². The fraction of sp³-hybridized carbons (Fsp3) is 0.316. The lowest BCUT2D eigenvalue weighted by molar-refractivity contribution is 0.102. The Morgan fingerprint density at radius 1 is 1.04 bits per heavy atom. The van der Waals surface area contributed by atoms with Crippen molar-refractivity contribution in [3.8, 4) is 0 Å². The van der Waals surface area contributed by atoms with Crippen LogP contribution >= 0.6 is 11.6 Å². The van der Waals surface area contributed by atoms with Crippen molar-refractivity contribution in [2.24, 2.45) is 0 Å². The van der Waals surface area contributed by atoms with E-state index in [1.165, 1.54) is 24.3 Å². The van der Waals surface area contributed by atoms with E-state index >= 15 is 0 Å². The molecule has 140 valence electrons. The van der Waals surface area contributed by atoms with Crippen LogP contribution in [0, 0.1) is 13.8 Å². The molecule has 0 aromatic heterocycles. The molecular formula is C19H23ClN2O3S. The van der Waals surface area contributed by atoms with Crippen LogP contribution in [0.3, 0.4) is 0 Å². The minimum atomic E-state index is -3.64. The molecular weight excluding hydrogens is 372 g/mol. The van der Waals surface area contributed by atoms with Gasteiger partial charge in [-0.15, -0.1) is 0 Å². The van der Waals surface area contributed by atoms with Gasteiger partial charge in [-0.3, -0.25) is 4.79 Å². The van der Waals surface area contributed by atoms with E-state index < -0.39 is 15.6 Å². The van der Waals surface area contributed by atoms with Gasteiger partial charge in [0.25, 0.3) is 5.91 Å². The van der Waals surface area contributed by atoms with Crippen molar-refractivity contribution in [1.29, 1.82) is 0 Å². The van der Waals surface area contributed by atoms with Crippen LogP contribution in [0.15, 0.2) is 41.3 Å². The average molecular weight is 395 g/mol. The first-order valence-electron chi connectivity index (χ1n) is 8.11. The number of nitrogens with one attached hydrogen (secondary N) is 2. The summed E-state index contributed by atoms with van der Waals surface area (Å²) in [7, 11) is -3.64. The zero-order valence-corrected chi connectivity index (χ0v) is 17.0. The van der Waals surface area contributed by atoms with Crippen LogP contribution in [0.4, 0.5) is 5.69 Å². The van der Waals surface area contributed by atoms with Crippen molar-refractivity contribution in [1.82, 2.24) is 4.72 Å². The van der Waals surface area contributed by atoms with Gasteiger partial charge >= 0.3 is 0 Å². The van der Waals surface area contributed by atoms with Crippen molar-refractivity contribution < 1.29 is 13.2 Å². The highest BCUT2D eigenvalue weighted by Gasteiger charge is 2.22. The molecule has 0 fully saturated rings. The summed E-state index contributed by atoms with van der Waals surface area (Å²) in [6, 6.07) is 9.47. The molecule has 0 aliphatic heterocycles. The van der Waals surface area contributed by atoms with Gasteiger partial charge in [-0.25, -0.2) is 13.1 Å². The highest BCUT2D eigenvalue weighted by atomic mass is 35.5. The number of hydrogen-bond donors (Lipinski definition) is 2. The molecule has 0 radical (unpaired) electrons. The predicted octanol–water partition coefficient (Wildman–Crippen LogP) is 4.29. The Balaban J connectivity index is 2.22. The Morgan fingerprint density at radius 2 is 1.62 bits per heavy atom. The summed E-state index contributed by atoms with van der Waals surface area (Å²) in [5, 5.41) is 3.24. The molecule has 0 heterocycles. The van der Waals surface area contributed by atoms with Crippen molar-refractivity contribution >= 4 is 33.2 Å². The lowest BCUT2D eigenvalue weighted by atomic mass is 10.1. The van der Waals surface area contributed by atoms with E-state index in [2.05, 4.69) is 10.0 Å². The highest BCUT2D eigenvalue weighted by molar-refractivity contribution is 7.89. The van der Waals surface area contributed by atoms with Gasteiger partial charge in [0.05, 0.1) is 15.6 Å². The molecule has 0 bridgehead atoms. The predicted molar refractivity (Wildman–Crippen MR) is 105 cm³/mol. The molecule has 2 N–H and O–H groups in total. The number of halogens is 1. The van der Waals surface area contributed by atoms with Crippen LogP contribution in [0.25, 0.3) is 0 Å². The zero-order valence-electron chi connectivity index (χ0n) is 15.5. The number of rotatable bonds is 4. The van der Waals surface area contributed by atoms with Crippen molar-refractivity contribution in [3.63, 3.8) is 0 Å². The van der Waals surface area contributed by atoms with Gasteiger partial charge in [-0.05, 0) is 76.1 Å². The lowest BCUT2D eigenvalue weighted by Gasteiger charge is -2.20. The number of carbonyl (C=O) groups excluding carboxylic acids is 1. The third-order valence-electron chi connectivity index (χ3n) is 3.54. The molecule has 0 spiro atoms. The number of benzene rings is 2. The minimum absolute atomic E-state index is 0.105. The smallest absolute Gasteiger partial charge is 0.255 e. The quantitative estimate of drug-likeness (QED) is 0.812. The first-order valence-corrected chi connectivity index (χ1v) is 9.97. The van der Waals surface area contributed by atoms with Crippen molar-refractivity contribution in [3.05, 3.63) is 58.1 Å². The monoisotopic (exact) mass is 394 g/mol. The largest absolute Gasteiger partial charge is 0.320 e. The topological polar surface area (TPSA) is 75.3 Å². The SMILES string of the molecule is Cc1cc(C)c(NC(=O)c2ccc(S(=O)(=O)NC(C)(C)C)cc2)c(Cl)c1. The van der Waals surface area contributed by atoms with E-state index in [0.29, 0.717) is 16.3 Å². The maximum absolute atomic E-state index is 12.5. The third kappa shape index (κ3) is 5.06. The number of carbonyl (C=O) groups is 1. The molecule has 0 aliphatic carbocycles. The number of sulfonamides is 1. The first kappa shape index (κ1) is 20.4. The van der Waals surface area contributed by atoms with E-state index in [1.54, 1.807) is 26.8 Å². The second-order valence-corrected chi connectivity index (χ2v) is 9.36. The molecule has 0 saturated heterocycles. The molecule has 5 nitrogen and oxygen atoms in total. The summed E-state index contributed by atoms with van der Waals surface area (Å²) in [4.78, 5) is 12.6. The molecule has 0 atom stereocenters. The molecule has 0 saturated carbocycles. The second-order valence-electron chi connectivity index (χ2n) is 7.27. The number of aryl methyl sites for hydroxylation is 2. The molecule has 0 unspecified atom stereocenters. The first-order chi connectivity index (χ1) is 11.9. The van der Waals surface area contributed by atoms with Crippen molar-refractivity contribution in [2.75, 3.05) is 5.32 Å². The molecule has 2 aromatic rings. The van der Waals surface area contributed by atoms with Gasteiger partial charge in [0, 0.05) is 11.1 Å². The zero-order chi connectivity index (χ0) is 19.7. The number of anilines is 1. The summed E-state index contributed by atoms with van der Waals surface area (Å²) in [6.07, 6.45) is 0. The molecule has 2 rings (SSSR count). The summed E-state index contributed by atoms with van der Waals surface area (Å²) in [6.45, 7) is 9.08. The van der Waals surface area contributed by atoms with Gasteiger partial charge in [0.2, 0.25) is 10.0 Å². The Labute approximate surface area is 159 Å². The Kier molecular flexibility index (Phi) is 5.80. The maximum Gasteiger partial charge on any atom is 0.255 e. The molecule has 1 amide bonds. The van der Waals surface area contributed by atoms with E-state index in [4.69, 9.17) is 11.6 Å². The molecule has 7 heteroatoms. The van der Waals surface area contributed by atoms with Gasteiger partial charge in [0.15, 0.2) is 0 Å². The maximum atomic E-state index is 12.5. The number of amides is 1. The van der Waals surface area contributed by atoms with Crippen LogP contribution in [-0.2, 0) is 10.0 Å². The standard InChI is InChI=1S/C19H23ClN2O3S/c1-12-10-13(2)17(16(20)11-12)21-18(23)14-6-8-15(9-7-14)26(24,25)22-19(3,4)5/h6-11,22H,1-5H3,(H,21,23). The third-order valence-corrected chi connectivity index (χ3v) is 5.61. The highest BCUT2D eigenvalue weighted by Crippen LogP contribution is 2.28. The Bertz CT molecular complexity index is 907. The second kappa shape index (κ2) is 7.39. The van der Waals surface area contributed by atoms with Gasteiger partial charge < -0.3 is 5.32 Å². The van der Waals surface area contributed by atoms with Gasteiger partial charge in [-0.2, -0.15) is 0 Å². The van der Waals surface area contributed by atoms with Crippen LogP contribution in [-0.4, -0.2) is 19.9 Å². The molecule has 0 aliphatic rings. The Hall–Kier alpha value is -1.89. The van der Waals surface area contributed by atoms with Gasteiger partial charge in [0.1, 0.15) is 0 Å². The average Bonchev–Trinajstić information content (AvgIpc) is 2.48. The number of hydrogen-bond acceptors (Lipinski definition) is 3.